The summed E-state index contributed by atoms with van der Waals surface area (Å²) in [7, 11) is 0. The first-order valence-corrected chi connectivity index (χ1v) is 9.30. The molecule has 3 aromatic heterocycles. The predicted octanol–water partition coefficient (Wildman–Crippen LogP) is 4.94. The molecule has 1 amide bonds. The Kier molecular flexibility index (Phi) is 4.63. The standard InChI is InChI=1S/C18H12Cl2N4OS/c19-12-6-4-11(5-7-12)9-13-10-21-18(26-13)23-17(25)15-16(20)22-14-3-1-2-8-24(14)15/h1-8,10H,9H2,(H,21,23,25). The number of carbonyl (C=O) groups is 1. The Morgan fingerprint density at radius 2 is 1.96 bits per heavy atom. The highest BCUT2D eigenvalue weighted by molar-refractivity contribution is 7.15. The number of amides is 1. The molecule has 4 rings (SSSR count). The summed E-state index contributed by atoms with van der Waals surface area (Å²) in [4.78, 5) is 22.1. The maximum absolute atomic E-state index is 12.6. The van der Waals surface area contributed by atoms with Crippen LogP contribution in [0.15, 0.2) is 54.9 Å². The molecule has 4 aromatic rings. The molecule has 1 aromatic carbocycles. The van der Waals surface area contributed by atoms with Gasteiger partial charge < -0.3 is 0 Å². The van der Waals surface area contributed by atoms with Crippen LogP contribution < -0.4 is 5.32 Å². The molecular weight excluding hydrogens is 391 g/mol. The molecule has 0 bridgehead atoms. The van der Waals surface area contributed by atoms with Crippen LogP contribution >= 0.6 is 34.5 Å². The number of benzene rings is 1. The van der Waals surface area contributed by atoms with Crippen LogP contribution in [0, 0.1) is 0 Å². The molecular formula is C18H12Cl2N4OS. The third-order valence-corrected chi connectivity index (χ3v) is 5.20. The average molecular weight is 403 g/mol. The number of hydrogen-bond acceptors (Lipinski definition) is 4. The molecule has 0 atom stereocenters. The minimum Gasteiger partial charge on any atom is -0.296 e. The van der Waals surface area contributed by atoms with Gasteiger partial charge in [0.05, 0.1) is 0 Å². The van der Waals surface area contributed by atoms with Gasteiger partial charge in [0.25, 0.3) is 5.91 Å². The van der Waals surface area contributed by atoms with E-state index in [1.54, 1.807) is 22.9 Å². The van der Waals surface area contributed by atoms with Crippen LogP contribution in [-0.2, 0) is 6.42 Å². The van der Waals surface area contributed by atoms with Crippen LogP contribution in [0.3, 0.4) is 0 Å². The summed E-state index contributed by atoms with van der Waals surface area (Å²) < 4.78 is 1.65. The number of halogens is 2. The van der Waals surface area contributed by atoms with Gasteiger partial charge in [-0.3, -0.25) is 14.5 Å². The van der Waals surface area contributed by atoms with E-state index < -0.39 is 0 Å². The molecule has 26 heavy (non-hydrogen) atoms. The van der Waals surface area contributed by atoms with Gasteiger partial charge in [0.1, 0.15) is 5.65 Å². The second kappa shape index (κ2) is 7.07. The second-order valence-corrected chi connectivity index (χ2v) is 7.48. The summed E-state index contributed by atoms with van der Waals surface area (Å²) in [6.45, 7) is 0. The number of anilines is 1. The first-order chi connectivity index (χ1) is 12.6. The highest BCUT2D eigenvalue weighted by Crippen LogP contribution is 2.24. The fourth-order valence-electron chi connectivity index (χ4n) is 2.58. The summed E-state index contributed by atoms with van der Waals surface area (Å²) in [6.07, 6.45) is 4.23. The quantitative estimate of drug-likeness (QED) is 0.525. The maximum Gasteiger partial charge on any atom is 0.277 e. The van der Waals surface area contributed by atoms with Crippen molar-refractivity contribution in [3.63, 3.8) is 0 Å². The number of fused-ring (bicyclic) bond motifs is 1. The number of thiazole rings is 1. The van der Waals surface area contributed by atoms with Crippen LogP contribution in [0.1, 0.15) is 20.9 Å². The highest BCUT2D eigenvalue weighted by atomic mass is 35.5. The zero-order valence-corrected chi connectivity index (χ0v) is 15.6. The van der Waals surface area contributed by atoms with Crippen LogP contribution in [0.4, 0.5) is 5.13 Å². The highest BCUT2D eigenvalue weighted by Gasteiger charge is 2.19. The second-order valence-electron chi connectivity index (χ2n) is 5.57. The van der Waals surface area contributed by atoms with Gasteiger partial charge in [0.15, 0.2) is 16.0 Å². The number of aromatic nitrogens is 3. The lowest BCUT2D eigenvalue weighted by molar-refractivity contribution is 0.102. The maximum atomic E-state index is 12.6. The third-order valence-electron chi connectivity index (χ3n) is 3.77. The molecule has 0 radical (unpaired) electrons. The van der Waals surface area contributed by atoms with E-state index in [1.165, 1.54) is 11.3 Å². The first-order valence-electron chi connectivity index (χ1n) is 7.73. The van der Waals surface area contributed by atoms with Crippen molar-refractivity contribution in [3.05, 3.63) is 81.2 Å². The lowest BCUT2D eigenvalue weighted by Crippen LogP contribution is -2.14. The molecule has 0 saturated carbocycles. The molecule has 1 N–H and O–H groups in total. The van der Waals surface area contributed by atoms with E-state index in [0.717, 1.165) is 16.9 Å². The van der Waals surface area contributed by atoms with Gasteiger partial charge in [0.2, 0.25) is 0 Å². The Bertz CT molecular complexity index is 1090. The Balaban J connectivity index is 1.52. The van der Waals surface area contributed by atoms with E-state index in [9.17, 15) is 4.79 Å². The Hall–Kier alpha value is -2.41. The number of rotatable bonds is 4. The largest absolute Gasteiger partial charge is 0.296 e. The molecule has 0 aliphatic rings. The fourth-order valence-corrected chi connectivity index (χ4v) is 3.81. The van der Waals surface area contributed by atoms with E-state index in [0.29, 0.717) is 15.8 Å². The molecule has 0 spiro atoms. The van der Waals surface area contributed by atoms with Crippen molar-refractivity contribution in [3.8, 4) is 0 Å². The van der Waals surface area contributed by atoms with Gasteiger partial charge in [-0.15, -0.1) is 11.3 Å². The van der Waals surface area contributed by atoms with Crippen molar-refractivity contribution < 1.29 is 4.79 Å². The van der Waals surface area contributed by atoms with Crippen molar-refractivity contribution in [2.24, 2.45) is 0 Å². The number of nitrogens with zero attached hydrogens (tertiary/aromatic N) is 3. The molecule has 3 heterocycles. The molecule has 0 aliphatic carbocycles. The monoisotopic (exact) mass is 402 g/mol. The molecule has 130 valence electrons. The number of imidazole rings is 1. The molecule has 5 nitrogen and oxygen atoms in total. The smallest absolute Gasteiger partial charge is 0.277 e. The zero-order valence-electron chi connectivity index (χ0n) is 13.3. The number of carbonyl (C=O) groups excluding carboxylic acids is 1. The molecule has 0 unspecified atom stereocenters. The normalized spacial score (nSPS) is 11.0. The van der Waals surface area contributed by atoms with E-state index in [-0.39, 0.29) is 16.8 Å². The van der Waals surface area contributed by atoms with Gasteiger partial charge in [-0.05, 0) is 29.8 Å². The summed E-state index contributed by atoms with van der Waals surface area (Å²) in [6, 6.07) is 13.1. The van der Waals surface area contributed by atoms with Gasteiger partial charge in [-0.25, -0.2) is 9.97 Å². The van der Waals surface area contributed by atoms with E-state index in [2.05, 4.69) is 15.3 Å². The molecule has 8 heteroatoms. The van der Waals surface area contributed by atoms with Crippen LogP contribution in [-0.4, -0.2) is 20.3 Å². The van der Waals surface area contributed by atoms with Crippen molar-refractivity contribution >= 4 is 51.2 Å². The zero-order chi connectivity index (χ0) is 18.1. The van der Waals surface area contributed by atoms with Crippen molar-refractivity contribution in [1.82, 2.24) is 14.4 Å². The lowest BCUT2D eigenvalue weighted by Gasteiger charge is -2.02. The summed E-state index contributed by atoms with van der Waals surface area (Å²) in [5.41, 5.74) is 2.03. The number of pyridine rings is 1. The summed E-state index contributed by atoms with van der Waals surface area (Å²) >= 11 is 13.5. The van der Waals surface area contributed by atoms with Gasteiger partial charge >= 0.3 is 0 Å². The van der Waals surface area contributed by atoms with E-state index >= 15 is 0 Å². The molecule has 0 aliphatic heterocycles. The van der Waals surface area contributed by atoms with Crippen LogP contribution in [0.25, 0.3) is 5.65 Å². The van der Waals surface area contributed by atoms with Crippen molar-refractivity contribution in [2.75, 3.05) is 5.32 Å². The number of hydrogen-bond donors (Lipinski definition) is 1. The number of nitrogens with one attached hydrogen (secondary N) is 1. The van der Waals surface area contributed by atoms with Gasteiger partial charge in [-0.1, -0.05) is 41.4 Å². The minimum atomic E-state index is -0.346. The van der Waals surface area contributed by atoms with Gasteiger partial charge in [-0.2, -0.15) is 0 Å². The van der Waals surface area contributed by atoms with Crippen LogP contribution in [0.5, 0.6) is 0 Å². The van der Waals surface area contributed by atoms with Gasteiger partial charge in [0, 0.05) is 28.7 Å². The Labute approximate surface area is 163 Å². The summed E-state index contributed by atoms with van der Waals surface area (Å²) in [5.74, 6) is -0.346. The topological polar surface area (TPSA) is 59.3 Å². The van der Waals surface area contributed by atoms with E-state index in [4.69, 9.17) is 23.2 Å². The fraction of sp³-hybridized carbons (Fsp3) is 0.0556. The molecule has 0 saturated heterocycles. The SMILES string of the molecule is O=C(Nc1ncc(Cc2ccc(Cl)cc2)s1)c1c(Cl)nc2ccccn12. The van der Waals surface area contributed by atoms with Crippen molar-refractivity contribution in [1.29, 1.82) is 0 Å². The Morgan fingerprint density at radius 3 is 2.77 bits per heavy atom. The average Bonchev–Trinajstić information content (AvgIpc) is 3.19. The van der Waals surface area contributed by atoms with E-state index in [1.807, 2.05) is 36.4 Å². The molecule has 0 fully saturated rings. The van der Waals surface area contributed by atoms with Crippen LogP contribution in [0.2, 0.25) is 10.2 Å². The van der Waals surface area contributed by atoms with Crippen molar-refractivity contribution in [2.45, 2.75) is 6.42 Å². The third kappa shape index (κ3) is 3.44. The predicted molar refractivity (Wildman–Crippen MR) is 105 cm³/mol. The Morgan fingerprint density at radius 1 is 1.15 bits per heavy atom. The lowest BCUT2D eigenvalue weighted by atomic mass is 10.1. The minimum absolute atomic E-state index is 0.159. The first kappa shape index (κ1) is 17.0. The summed E-state index contributed by atoms with van der Waals surface area (Å²) in [5, 5.41) is 4.17.